The summed E-state index contributed by atoms with van der Waals surface area (Å²) in [7, 11) is -1.15. The molecule has 5 rings (SSSR count). The van der Waals surface area contributed by atoms with Crippen molar-refractivity contribution in [1.82, 2.24) is 9.64 Å². The van der Waals surface area contributed by atoms with Crippen molar-refractivity contribution in [3.8, 4) is 11.3 Å². The standard InChI is InChI=1S/C46H61N3O12S/c1-45(2,3)41-30-33(36-17-15-34(31-39(36)60-41)47(22-24-58-28-26-56-6)23-25-59-29-27-57-7)12-11-13-40-46(4,5)37-32-35(62(53,54)55)16-18-38(37)48(40)21-10-8-9-14-44(52)61-49-42(50)19-20-43(49)51/h11-13,15-18,30-32H,8-10,14,19-29H2,1-7H3/p+1. The molecule has 62 heavy (non-hydrogen) atoms. The predicted molar refractivity (Wildman–Crippen MR) is 234 cm³/mol. The second-order valence-electron chi connectivity index (χ2n) is 16.9. The molecule has 0 saturated carbocycles. The van der Waals surface area contributed by atoms with Crippen LogP contribution in [-0.2, 0) is 59.1 Å². The van der Waals surface area contributed by atoms with Gasteiger partial charge in [0.1, 0.15) is 24.7 Å². The lowest BCUT2D eigenvalue weighted by Gasteiger charge is -2.27. The van der Waals surface area contributed by atoms with Crippen molar-refractivity contribution in [3.05, 3.63) is 82.6 Å². The topological polar surface area (TPSA) is 174 Å². The SMILES string of the molecule is COCCOCC[N+](CCOCCOC)=c1ccc2c(/C=C/C=C3/N(CCCCCC(=O)ON4C(=O)CCC4=O)c4ccc(S(=O)(=O)O)cc4C3(C)C)cc(C(C)(C)C)oc-2c1. The average molecular weight is 881 g/mol. The highest BCUT2D eigenvalue weighted by atomic mass is 32.2. The summed E-state index contributed by atoms with van der Waals surface area (Å²) in [6.07, 6.45) is 7.98. The van der Waals surface area contributed by atoms with Crippen LogP contribution in [0.25, 0.3) is 17.4 Å². The molecule has 338 valence electrons. The Balaban J connectivity index is 1.44. The molecular weight excluding hydrogens is 819 g/mol. The summed E-state index contributed by atoms with van der Waals surface area (Å²) < 4.78 is 65.1. The first-order valence-corrected chi connectivity index (χ1v) is 22.5. The molecule has 16 heteroatoms. The summed E-state index contributed by atoms with van der Waals surface area (Å²) in [4.78, 5) is 43.1. The van der Waals surface area contributed by atoms with Gasteiger partial charge in [-0.05, 0) is 60.4 Å². The van der Waals surface area contributed by atoms with E-state index in [1.54, 1.807) is 20.3 Å². The van der Waals surface area contributed by atoms with E-state index in [1.165, 1.54) is 12.1 Å². The van der Waals surface area contributed by atoms with E-state index in [4.69, 9.17) is 28.2 Å². The van der Waals surface area contributed by atoms with Gasteiger partial charge in [-0.1, -0.05) is 53.2 Å². The number of hydrogen-bond acceptors (Lipinski definition) is 12. The molecule has 15 nitrogen and oxygen atoms in total. The molecule has 0 aromatic heterocycles. The molecular formula is C46H62N3O12S+. The molecule has 0 bridgehead atoms. The average Bonchev–Trinajstić information content (AvgIpc) is 3.64. The number of rotatable bonds is 22. The summed E-state index contributed by atoms with van der Waals surface area (Å²) in [5.41, 5.74) is 3.41. The lowest BCUT2D eigenvalue weighted by Crippen LogP contribution is -2.36. The number of carbonyl (C=O) groups excluding carboxylic acids is 3. The number of hydrogen-bond donors (Lipinski definition) is 1. The fraction of sp³-hybridized carbons (Fsp3) is 0.522. The number of methoxy groups -OCH3 is 2. The Hall–Kier alpha value is -4.71. The van der Waals surface area contributed by atoms with Gasteiger partial charge in [0, 0.05) is 73.9 Å². The number of hydroxylamine groups is 2. The molecule has 1 aliphatic carbocycles. The number of anilines is 1. The van der Waals surface area contributed by atoms with Crippen LogP contribution in [0.2, 0.25) is 0 Å². The van der Waals surface area contributed by atoms with Gasteiger partial charge in [0.05, 0.1) is 37.4 Å². The van der Waals surface area contributed by atoms with E-state index >= 15 is 0 Å². The summed E-state index contributed by atoms with van der Waals surface area (Å²) in [5, 5.41) is 1.53. The number of benzene rings is 2. The number of amides is 2. The lowest BCUT2D eigenvalue weighted by molar-refractivity contribution is -0.197. The Labute approximate surface area is 365 Å². The van der Waals surface area contributed by atoms with Crippen LogP contribution >= 0.6 is 0 Å². The number of nitrogens with zero attached hydrogens (tertiary/aromatic N) is 3. The number of unbranched alkanes of at least 4 members (excludes halogenated alkanes) is 2. The minimum absolute atomic E-state index is 0.0339. The Morgan fingerprint density at radius 2 is 1.55 bits per heavy atom. The molecule has 1 saturated heterocycles. The van der Waals surface area contributed by atoms with Crippen LogP contribution < -0.4 is 14.8 Å². The van der Waals surface area contributed by atoms with Gasteiger partial charge in [0.25, 0.3) is 21.9 Å². The van der Waals surface area contributed by atoms with Crippen LogP contribution in [0, 0.1) is 0 Å². The first kappa shape index (κ1) is 48.3. The molecule has 1 fully saturated rings. The largest absolute Gasteiger partial charge is 0.460 e. The normalized spacial score (nSPS) is 16.0. The van der Waals surface area contributed by atoms with Crippen LogP contribution in [0.4, 0.5) is 5.69 Å². The zero-order valence-electron chi connectivity index (χ0n) is 37.1. The minimum Gasteiger partial charge on any atom is -0.460 e. The summed E-state index contributed by atoms with van der Waals surface area (Å²) in [6.45, 7) is 15.2. The van der Waals surface area contributed by atoms with Crippen molar-refractivity contribution in [1.29, 1.82) is 0 Å². The third kappa shape index (κ3) is 12.5. The van der Waals surface area contributed by atoms with Crippen LogP contribution in [-0.4, -0.2) is 109 Å². The zero-order chi connectivity index (χ0) is 45.1. The molecule has 4 aliphatic rings. The molecule has 0 radical (unpaired) electrons. The fourth-order valence-electron chi connectivity index (χ4n) is 7.43. The Morgan fingerprint density at radius 1 is 0.887 bits per heavy atom. The fourth-order valence-corrected chi connectivity index (χ4v) is 7.94. The first-order chi connectivity index (χ1) is 29.4. The Morgan fingerprint density at radius 3 is 2.16 bits per heavy atom. The number of fused-ring (bicyclic) bond motifs is 2. The molecule has 1 aromatic rings. The highest BCUT2D eigenvalue weighted by Crippen LogP contribution is 2.48. The van der Waals surface area contributed by atoms with Crippen LogP contribution in [0.3, 0.4) is 0 Å². The maximum absolute atomic E-state index is 12.4. The molecule has 0 spiro atoms. The lowest BCUT2D eigenvalue weighted by atomic mass is 9.83. The van der Waals surface area contributed by atoms with Crippen molar-refractivity contribution in [2.45, 2.75) is 88.9 Å². The van der Waals surface area contributed by atoms with Gasteiger partial charge >= 0.3 is 5.97 Å². The molecule has 2 amide bonds. The van der Waals surface area contributed by atoms with Crippen LogP contribution in [0.15, 0.2) is 69.6 Å². The predicted octanol–water partition coefficient (Wildman–Crippen LogP) is 5.89. The van der Waals surface area contributed by atoms with Gasteiger partial charge in [0.2, 0.25) is 5.36 Å². The van der Waals surface area contributed by atoms with Gasteiger partial charge in [-0.2, -0.15) is 8.42 Å². The Kier molecular flexibility index (Phi) is 16.8. The van der Waals surface area contributed by atoms with Crippen molar-refractivity contribution in [2.24, 2.45) is 0 Å². The second kappa shape index (κ2) is 21.6. The number of carbonyl (C=O) groups is 3. The summed E-state index contributed by atoms with van der Waals surface area (Å²) >= 11 is 0. The van der Waals surface area contributed by atoms with E-state index in [2.05, 4.69) is 54.5 Å². The molecule has 1 aromatic carbocycles. The van der Waals surface area contributed by atoms with Gasteiger partial charge in [-0.25, -0.2) is 9.37 Å². The third-order valence-corrected chi connectivity index (χ3v) is 11.8. The van der Waals surface area contributed by atoms with E-state index in [0.717, 1.165) is 45.0 Å². The highest BCUT2D eigenvalue weighted by molar-refractivity contribution is 7.85. The molecule has 0 atom stereocenters. The zero-order valence-corrected chi connectivity index (χ0v) is 37.9. The van der Waals surface area contributed by atoms with Gasteiger partial charge in [-0.15, -0.1) is 5.06 Å². The molecule has 3 aliphatic heterocycles. The third-order valence-electron chi connectivity index (χ3n) is 10.9. The first-order valence-electron chi connectivity index (χ1n) is 21.1. The smallest absolute Gasteiger partial charge is 0.333 e. The number of allylic oxidation sites excluding steroid dienone is 3. The highest BCUT2D eigenvalue weighted by Gasteiger charge is 2.40. The van der Waals surface area contributed by atoms with E-state index in [-0.39, 0.29) is 29.6 Å². The van der Waals surface area contributed by atoms with E-state index in [1.807, 2.05) is 32.1 Å². The van der Waals surface area contributed by atoms with E-state index in [9.17, 15) is 27.4 Å². The molecule has 1 N–H and O–H groups in total. The van der Waals surface area contributed by atoms with E-state index in [0.29, 0.717) is 83.6 Å². The van der Waals surface area contributed by atoms with Gasteiger partial charge < -0.3 is 33.1 Å². The maximum atomic E-state index is 12.4. The van der Waals surface area contributed by atoms with Crippen molar-refractivity contribution >= 4 is 39.7 Å². The summed E-state index contributed by atoms with van der Waals surface area (Å²) in [5.74, 6) is -0.137. The quantitative estimate of drug-likeness (QED) is 0.0549. The van der Waals surface area contributed by atoms with E-state index < -0.39 is 33.3 Å². The second-order valence-corrected chi connectivity index (χ2v) is 18.3. The molecule has 0 unspecified atom stereocenters. The van der Waals surface area contributed by atoms with Crippen molar-refractivity contribution in [3.63, 3.8) is 0 Å². The van der Waals surface area contributed by atoms with Gasteiger partial charge in [-0.3, -0.25) is 14.1 Å². The maximum Gasteiger partial charge on any atom is 0.333 e. The summed E-state index contributed by atoms with van der Waals surface area (Å²) in [6, 6.07) is 12.9. The van der Waals surface area contributed by atoms with Gasteiger partial charge in [0.15, 0.2) is 13.1 Å². The van der Waals surface area contributed by atoms with Crippen molar-refractivity contribution < 1.29 is 55.6 Å². The van der Waals surface area contributed by atoms with Crippen LogP contribution in [0.1, 0.15) is 90.0 Å². The van der Waals surface area contributed by atoms with Crippen molar-refractivity contribution in [2.75, 3.05) is 78.4 Å². The minimum atomic E-state index is -4.45. The number of imide groups is 1. The Bertz CT molecular complexity index is 2240. The van der Waals surface area contributed by atoms with Crippen LogP contribution in [0.5, 0.6) is 0 Å². The molecule has 3 heterocycles. The monoisotopic (exact) mass is 880 g/mol. The number of ether oxygens (including phenoxy) is 4.